The average molecular weight is 619 g/mol. The van der Waals surface area contributed by atoms with Crippen molar-refractivity contribution in [3.63, 3.8) is 0 Å². The van der Waals surface area contributed by atoms with Crippen LogP contribution in [0.4, 0.5) is 0 Å². The van der Waals surface area contributed by atoms with Crippen LogP contribution in [0.3, 0.4) is 0 Å². The van der Waals surface area contributed by atoms with E-state index in [1.807, 2.05) is 30.3 Å². The molecule has 0 bridgehead atoms. The Morgan fingerprint density at radius 1 is 0.769 bits per heavy atom. The van der Waals surface area contributed by atoms with Crippen molar-refractivity contribution < 1.29 is 36.4 Å². The molecule has 8 nitrogen and oxygen atoms in total. The maximum atomic E-state index is 13.3. The second kappa shape index (κ2) is 14.6. The second-order valence-electron chi connectivity index (χ2n) is 12.6. The number of ether oxygens (including phenoxy) is 2. The van der Waals surface area contributed by atoms with Gasteiger partial charge in [0, 0.05) is 5.82 Å². The van der Waals surface area contributed by atoms with E-state index in [9.17, 15) is 4.57 Å². The molecule has 1 aliphatic rings. The molecule has 0 radical (unpaired) electrons. The predicted octanol–water partition coefficient (Wildman–Crippen LogP) is 7.37. The summed E-state index contributed by atoms with van der Waals surface area (Å²) in [4.78, 5) is 0. The van der Waals surface area contributed by atoms with Crippen LogP contribution in [0.25, 0.3) is 0 Å². The van der Waals surface area contributed by atoms with Gasteiger partial charge in [-0.1, -0.05) is 30.3 Å². The molecule has 39 heavy (non-hydrogen) atoms. The maximum absolute atomic E-state index is 13.3. The molecule has 1 aliphatic heterocycles. The predicted molar refractivity (Wildman–Crippen MR) is 165 cm³/mol. The molecule has 0 aromatic heterocycles. The molecule has 224 valence electrons. The van der Waals surface area contributed by atoms with Gasteiger partial charge in [-0.25, -0.2) is 0 Å². The smallest absolute Gasteiger partial charge is 0.353 e. The highest BCUT2D eigenvalue weighted by Crippen LogP contribution is 2.50. The molecule has 0 spiro atoms. The lowest BCUT2D eigenvalue weighted by Crippen LogP contribution is -2.65. The normalized spacial score (nSPS) is 25.4. The van der Waals surface area contributed by atoms with E-state index < -0.39 is 63.3 Å². The van der Waals surface area contributed by atoms with Crippen molar-refractivity contribution in [3.05, 3.63) is 47.8 Å². The summed E-state index contributed by atoms with van der Waals surface area (Å²) in [5.74, 6) is 1.49. The third kappa shape index (κ3) is 12.5. The molecule has 5 unspecified atom stereocenters. The van der Waals surface area contributed by atoms with Gasteiger partial charge in [0.2, 0.25) is 0 Å². The van der Waals surface area contributed by atoms with Crippen molar-refractivity contribution in [2.24, 2.45) is 0 Å². The van der Waals surface area contributed by atoms with Crippen LogP contribution in [0.2, 0.25) is 58.9 Å². The van der Waals surface area contributed by atoms with Crippen molar-refractivity contribution in [2.45, 2.75) is 110 Å². The van der Waals surface area contributed by atoms with Crippen LogP contribution in [0.1, 0.15) is 19.4 Å². The molecular weight excluding hydrogens is 568 g/mol. The summed E-state index contributed by atoms with van der Waals surface area (Å²) in [6, 6.07) is 9.97. The summed E-state index contributed by atoms with van der Waals surface area (Å²) in [5.41, 5.74) is 1.03. The Labute approximate surface area is 239 Å². The fourth-order valence-electron chi connectivity index (χ4n) is 4.17. The Kier molecular flexibility index (Phi) is 13.0. The summed E-state index contributed by atoms with van der Waals surface area (Å²) in [6.07, 6.45) is -1.04. The topological polar surface area (TPSA) is 81.7 Å². The van der Waals surface area contributed by atoms with Gasteiger partial charge in [-0.2, -0.15) is 0 Å². The SMILES string of the molecule is CCOP(=O)(/C=C/C1OC(OCc2ccccc2)C(O[Si](C)(C)C)C(O[Si](C)(C)C)C1O[Si](C)(C)C)OCC. The van der Waals surface area contributed by atoms with Gasteiger partial charge in [0.15, 0.2) is 31.2 Å². The lowest BCUT2D eigenvalue weighted by Gasteiger charge is -2.50. The fourth-order valence-corrected chi connectivity index (χ4v) is 8.75. The number of benzene rings is 1. The molecule has 0 amide bonds. The van der Waals surface area contributed by atoms with Crippen molar-refractivity contribution in [2.75, 3.05) is 13.2 Å². The summed E-state index contributed by atoms with van der Waals surface area (Å²) in [6.45, 7) is 23.8. The minimum Gasteiger partial charge on any atom is -0.409 e. The van der Waals surface area contributed by atoms with Gasteiger partial charge < -0.3 is 31.8 Å². The largest absolute Gasteiger partial charge is 0.409 e. The third-order valence-corrected chi connectivity index (χ3v) is 10.0. The first-order chi connectivity index (χ1) is 18.0. The Hall–Kier alpha value is -0.439. The van der Waals surface area contributed by atoms with E-state index in [0.29, 0.717) is 6.61 Å². The molecule has 1 aromatic rings. The zero-order chi connectivity index (χ0) is 29.5. The Bertz CT molecular complexity index is 933. The Morgan fingerprint density at radius 2 is 1.26 bits per heavy atom. The van der Waals surface area contributed by atoms with Crippen molar-refractivity contribution >= 4 is 32.5 Å². The van der Waals surface area contributed by atoms with Crippen molar-refractivity contribution in [1.29, 1.82) is 0 Å². The Morgan fingerprint density at radius 3 is 1.74 bits per heavy atom. The van der Waals surface area contributed by atoms with Gasteiger partial charge in [0.25, 0.3) is 0 Å². The molecule has 1 heterocycles. The molecule has 0 saturated carbocycles. The molecule has 12 heteroatoms. The van der Waals surface area contributed by atoms with Gasteiger partial charge >= 0.3 is 7.60 Å². The molecule has 5 atom stereocenters. The molecular formula is C27H51O8PSi3. The third-order valence-electron chi connectivity index (χ3n) is 5.33. The van der Waals surface area contributed by atoms with Gasteiger partial charge in [-0.3, -0.25) is 4.57 Å². The van der Waals surface area contributed by atoms with Crippen LogP contribution in [0.15, 0.2) is 42.2 Å². The van der Waals surface area contributed by atoms with E-state index in [0.717, 1.165) is 5.56 Å². The lowest BCUT2D eigenvalue weighted by molar-refractivity contribution is -0.280. The van der Waals surface area contributed by atoms with E-state index in [1.165, 1.54) is 5.82 Å². The average Bonchev–Trinajstić information content (AvgIpc) is 2.78. The number of rotatable bonds is 15. The van der Waals surface area contributed by atoms with Crippen molar-refractivity contribution in [3.8, 4) is 0 Å². The summed E-state index contributed by atoms with van der Waals surface area (Å²) in [7, 11) is -9.69. The van der Waals surface area contributed by atoms with Gasteiger partial charge in [0.1, 0.15) is 24.4 Å². The summed E-state index contributed by atoms with van der Waals surface area (Å²) in [5, 5.41) is 0. The highest BCUT2D eigenvalue weighted by molar-refractivity contribution is 7.57. The van der Waals surface area contributed by atoms with Gasteiger partial charge in [-0.05, 0) is 84.4 Å². The number of hydrogen-bond donors (Lipinski definition) is 0. The molecule has 1 aromatic carbocycles. The van der Waals surface area contributed by atoms with Crippen LogP contribution in [0, 0.1) is 0 Å². The molecule has 0 N–H and O–H groups in total. The van der Waals surface area contributed by atoms with Crippen LogP contribution in [0.5, 0.6) is 0 Å². The van der Waals surface area contributed by atoms with E-state index in [1.54, 1.807) is 19.9 Å². The first-order valence-electron chi connectivity index (χ1n) is 13.9. The quantitative estimate of drug-likeness (QED) is 0.149. The van der Waals surface area contributed by atoms with E-state index in [2.05, 4.69) is 58.9 Å². The zero-order valence-electron chi connectivity index (χ0n) is 25.8. The molecule has 0 aliphatic carbocycles. The standard InChI is InChI=1S/C27H51O8PSi3/c1-12-30-36(28,31-13-2)20-19-23-24(33-37(3,4)5)25(34-38(6,7)8)26(35-39(9,10)11)27(32-23)29-21-22-17-15-14-16-18-22/h14-20,23-27H,12-13,21H2,1-11H3/b20-19+. The molecule has 2 rings (SSSR count). The van der Waals surface area contributed by atoms with Crippen molar-refractivity contribution in [1.82, 2.24) is 0 Å². The van der Waals surface area contributed by atoms with E-state index in [-0.39, 0.29) is 13.2 Å². The highest BCUT2D eigenvalue weighted by Gasteiger charge is 2.51. The monoisotopic (exact) mass is 618 g/mol. The van der Waals surface area contributed by atoms with Gasteiger partial charge in [-0.15, -0.1) is 0 Å². The minimum atomic E-state index is -3.46. The minimum absolute atomic E-state index is 0.262. The number of hydrogen-bond acceptors (Lipinski definition) is 8. The Balaban J connectivity index is 2.58. The second-order valence-corrected chi connectivity index (χ2v) is 27.8. The molecule has 1 saturated heterocycles. The zero-order valence-corrected chi connectivity index (χ0v) is 29.7. The van der Waals surface area contributed by atoms with Gasteiger partial charge in [0.05, 0.1) is 19.8 Å². The van der Waals surface area contributed by atoms with Crippen LogP contribution < -0.4 is 0 Å². The van der Waals surface area contributed by atoms with E-state index >= 15 is 0 Å². The first kappa shape index (κ1) is 34.8. The van der Waals surface area contributed by atoms with Crippen LogP contribution in [-0.2, 0) is 43.0 Å². The molecule has 1 fully saturated rings. The summed E-state index contributed by atoms with van der Waals surface area (Å²) < 4.78 is 57.7. The lowest BCUT2D eigenvalue weighted by atomic mass is 9.99. The first-order valence-corrected chi connectivity index (χ1v) is 25.7. The summed E-state index contributed by atoms with van der Waals surface area (Å²) >= 11 is 0. The van der Waals surface area contributed by atoms with Crippen LogP contribution >= 0.6 is 7.60 Å². The fraction of sp³-hybridized carbons (Fsp3) is 0.704. The van der Waals surface area contributed by atoms with E-state index in [4.69, 9.17) is 31.8 Å². The van der Waals surface area contributed by atoms with Crippen LogP contribution in [-0.4, -0.2) is 68.9 Å². The maximum Gasteiger partial charge on any atom is 0.353 e. The highest BCUT2D eigenvalue weighted by atomic mass is 31.2.